The molecule has 5 heteroatoms. The van der Waals surface area contributed by atoms with Crippen molar-refractivity contribution in [2.75, 3.05) is 4.90 Å². The molecule has 3 rings (SSSR count). The van der Waals surface area contributed by atoms with Crippen molar-refractivity contribution in [3.8, 4) is 0 Å². The van der Waals surface area contributed by atoms with Crippen LogP contribution in [0.1, 0.15) is 19.4 Å². The van der Waals surface area contributed by atoms with Crippen LogP contribution in [0.4, 0.5) is 10.1 Å². The van der Waals surface area contributed by atoms with Crippen LogP contribution in [0.25, 0.3) is 0 Å². The number of imide groups is 1. The van der Waals surface area contributed by atoms with E-state index in [2.05, 4.69) is 0 Å². The van der Waals surface area contributed by atoms with Gasteiger partial charge in [-0.15, -0.1) is 0 Å². The van der Waals surface area contributed by atoms with E-state index in [1.807, 2.05) is 13.8 Å². The van der Waals surface area contributed by atoms with E-state index in [0.717, 1.165) is 0 Å². The molecule has 2 N–H and O–H groups in total. The number of rotatable bonds is 2. The van der Waals surface area contributed by atoms with Crippen molar-refractivity contribution >= 4 is 17.5 Å². The van der Waals surface area contributed by atoms with E-state index in [4.69, 9.17) is 5.73 Å². The monoisotopic (exact) mass is 262 g/mol. The van der Waals surface area contributed by atoms with Crippen LogP contribution in [0, 0.1) is 23.1 Å². The number of piperidine rings is 1. The fraction of sp³-hybridized carbons (Fsp3) is 0.429. The second kappa shape index (κ2) is 3.63. The zero-order valence-electron chi connectivity index (χ0n) is 10.8. The molecule has 2 atom stereocenters. The molecule has 2 aliphatic rings. The molecule has 100 valence electrons. The van der Waals surface area contributed by atoms with E-state index < -0.39 is 5.82 Å². The standard InChI is InChI=1S/C14H15FN2O2/c1-14(2)10-11(14)13(19)17(12(10)18)9-4-3-8(15)5-7(9)6-16/h3-5,10-11H,6,16H2,1-2H3. The predicted molar refractivity (Wildman–Crippen MR) is 67.5 cm³/mol. The Hall–Kier alpha value is -1.75. The highest BCUT2D eigenvalue weighted by molar-refractivity contribution is 6.26. The smallest absolute Gasteiger partial charge is 0.238 e. The first-order chi connectivity index (χ1) is 8.89. The van der Waals surface area contributed by atoms with Crippen LogP contribution in [0.15, 0.2) is 18.2 Å². The van der Waals surface area contributed by atoms with Gasteiger partial charge in [-0.3, -0.25) is 9.59 Å². The van der Waals surface area contributed by atoms with Gasteiger partial charge in [-0.1, -0.05) is 13.8 Å². The normalized spacial score (nSPS) is 27.7. The fourth-order valence-electron chi connectivity index (χ4n) is 3.12. The van der Waals surface area contributed by atoms with Crippen molar-refractivity contribution in [2.24, 2.45) is 23.0 Å². The second-order valence-corrected chi connectivity index (χ2v) is 5.77. The van der Waals surface area contributed by atoms with E-state index in [-0.39, 0.29) is 35.6 Å². The van der Waals surface area contributed by atoms with Gasteiger partial charge in [0.15, 0.2) is 0 Å². The number of carbonyl (C=O) groups is 2. The number of hydrogen-bond donors (Lipinski definition) is 1. The molecule has 1 aliphatic heterocycles. The van der Waals surface area contributed by atoms with Crippen LogP contribution >= 0.6 is 0 Å². The Bertz CT molecular complexity index is 573. The summed E-state index contributed by atoms with van der Waals surface area (Å²) in [5.41, 5.74) is 6.21. The third kappa shape index (κ3) is 1.48. The molecule has 4 nitrogen and oxygen atoms in total. The molecular formula is C14H15FN2O2. The van der Waals surface area contributed by atoms with Crippen molar-refractivity contribution in [3.63, 3.8) is 0 Å². The first-order valence-corrected chi connectivity index (χ1v) is 6.26. The number of anilines is 1. The number of nitrogens with zero attached hydrogens (tertiary/aromatic N) is 1. The van der Waals surface area contributed by atoms with Crippen molar-refractivity contribution in [2.45, 2.75) is 20.4 Å². The summed E-state index contributed by atoms with van der Waals surface area (Å²) in [7, 11) is 0. The zero-order chi connectivity index (χ0) is 13.9. The lowest BCUT2D eigenvalue weighted by atomic mass is 10.0. The molecule has 0 bridgehead atoms. The Labute approximate surface area is 110 Å². The van der Waals surface area contributed by atoms with Gasteiger partial charge in [0.2, 0.25) is 11.8 Å². The van der Waals surface area contributed by atoms with Crippen molar-refractivity contribution < 1.29 is 14.0 Å². The topological polar surface area (TPSA) is 63.4 Å². The predicted octanol–water partition coefficient (Wildman–Crippen LogP) is 1.43. The maximum Gasteiger partial charge on any atom is 0.238 e. The molecule has 2 amide bonds. The van der Waals surface area contributed by atoms with Gasteiger partial charge in [0.05, 0.1) is 17.5 Å². The summed E-state index contributed by atoms with van der Waals surface area (Å²) in [6.45, 7) is 3.93. The summed E-state index contributed by atoms with van der Waals surface area (Å²) in [5, 5.41) is 0. The number of benzene rings is 1. The summed E-state index contributed by atoms with van der Waals surface area (Å²) >= 11 is 0. The van der Waals surface area contributed by atoms with Gasteiger partial charge in [0.1, 0.15) is 5.82 Å². The Balaban J connectivity index is 2.02. The molecule has 1 saturated carbocycles. The highest BCUT2D eigenvalue weighted by Gasteiger charge is 2.72. The van der Waals surface area contributed by atoms with Crippen LogP contribution in [0.2, 0.25) is 0 Å². The molecule has 0 radical (unpaired) electrons. The van der Waals surface area contributed by atoms with Crippen LogP contribution in [-0.4, -0.2) is 11.8 Å². The largest absolute Gasteiger partial charge is 0.326 e. The highest BCUT2D eigenvalue weighted by atomic mass is 19.1. The Kier molecular flexibility index (Phi) is 2.35. The Morgan fingerprint density at radius 1 is 1.26 bits per heavy atom. The lowest BCUT2D eigenvalue weighted by molar-refractivity contribution is -0.125. The van der Waals surface area contributed by atoms with Gasteiger partial charge >= 0.3 is 0 Å². The third-order valence-corrected chi connectivity index (χ3v) is 4.30. The lowest BCUT2D eigenvalue weighted by Crippen LogP contribution is -2.37. The number of amides is 2. The molecule has 2 unspecified atom stereocenters. The molecular weight excluding hydrogens is 247 g/mol. The molecule has 1 saturated heterocycles. The average Bonchev–Trinajstić information content (AvgIpc) is 2.81. The van der Waals surface area contributed by atoms with Crippen molar-refractivity contribution in [3.05, 3.63) is 29.6 Å². The maximum atomic E-state index is 13.2. The summed E-state index contributed by atoms with van der Waals surface area (Å²) in [4.78, 5) is 25.8. The Morgan fingerprint density at radius 2 is 1.84 bits per heavy atom. The lowest BCUT2D eigenvalue weighted by Gasteiger charge is -2.22. The van der Waals surface area contributed by atoms with Gasteiger partial charge in [0, 0.05) is 6.54 Å². The number of hydrogen-bond acceptors (Lipinski definition) is 3. The zero-order valence-corrected chi connectivity index (χ0v) is 10.8. The molecule has 1 aromatic carbocycles. The quantitative estimate of drug-likeness (QED) is 0.820. The number of halogens is 1. The second-order valence-electron chi connectivity index (χ2n) is 5.77. The van der Waals surface area contributed by atoms with Gasteiger partial charge < -0.3 is 5.73 Å². The molecule has 1 heterocycles. The van der Waals surface area contributed by atoms with E-state index in [1.165, 1.54) is 23.1 Å². The summed E-state index contributed by atoms with van der Waals surface area (Å²) < 4.78 is 13.2. The van der Waals surface area contributed by atoms with Gasteiger partial charge in [-0.25, -0.2) is 9.29 Å². The van der Waals surface area contributed by atoms with Crippen LogP contribution in [0.5, 0.6) is 0 Å². The highest BCUT2D eigenvalue weighted by Crippen LogP contribution is 2.63. The summed E-state index contributed by atoms with van der Waals surface area (Å²) in [6, 6.07) is 3.96. The van der Waals surface area contributed by atoms with E-state index in [0.29, 0.717) is 11.3 Å². The number of nitrogens with two attached hydrogens (primary N) is 1. The van der Waals surface area contributed by atoms with Crippen LogP contribution in [-0.2, 0) is 16.1 Å². The fourth-order valence-corrected chi connectivity index (χ4v) is 3.12. The number of carbonyl (C=O) groups excluding carboxylic acids is 2. The molecule has 1 aliphatic carbocycles. The van der Waals surface area contributed by atoms with Crippen molar-refractivity contribution in [1.29, 1.82) is 0 Å². The molecule has 0 aromatic heterocycles. The van der Waals surface area contributed by atoms with E-state index in [9.17, 15) is 14.0 Å². The number of fused-ring (bicyclic) bond motifs is 1. The molecule has 19 heavy (non-hydrogen) atoms. The SMILES string of the molecule is CC1(C)C2C(=O)N(c3ccc(F)cc3CN)C(=O)C21. The minimum Gasteiger partial charge on any atom is -0.326 e. The average molecular weight is 262 g/mol. The molecule has 2 fully saturated rings. The minimum atomic E-state index is -0.422. The van der Waals surface area contributed by atoms with Crippen LogP contribution in [0.3, 0.4) is 0 Å². The first-order valence-electron chi connectivity index (χ1n) is 6.26. The molecule has 0 spiro atoms. The van der Waals surface area contributed by atoms with Gasteiger partial charge in [-0.05, 0) is 29.2 Å². The third-order valence-electron chi connectivity index (χ3n) is 4.30. The first kappa shape index (κ1) is 12.3. The van der Waals surface area contributed by atoms with Crippen molar-refractivity contribution in [1.82, 2.24) is 0 Å². The van der Waals surface area contributed by atoms with Gasteiger partial charge in [0.25, 0.3) is 0 Å². The molecule has 1 aromatic rings. The van der Waals surface area contributed by atoms with E-state index in [1.54, 1.807) is 0 Å². The van der Waals surface area contributed by atoms with E-state index >= 15 is 0 Å². The van der Waals surface area contributed by atoms with Gasteiger partial charge in [-0.2, -0.15) is 0 Å². The summed E-state index contributed by atoms with van der Waals surface area (Å²) in [5.74, 6) is -1.29. The Morgan fingerprint density at radius 3 is 2.37 bits per heavy atom. The maximum absolute atomic E-state index is 13.2. The summed E-state index contributed by atoms with van der Waals surface area (Å²) in [6.07, 6.45) is 0. The minimum absolute atomic E-state index is 0.0862. The van der Waals surface area contributed by atoms with Crippen LogP contribution < -0.4 is 10.6 Å².